The van der Waals surface area contributed by atoms with Gasteiger partial charge in [-0.05, 0) is 83.3 Å². The minimum Gasteiger partial charge on any atom is -0.345 e. The Balaban J connectivity index is 1.32. The van der Waals surface area contributed by atoms with Crippen molar-refractivity contribution in [1.82, 2.24) is 9.13 Å². The van der Waals surface area contributed by atoms with Crippen LogP contribution in [0.1, 0.15) is 11.3 Å². The van der Waals surface area contributed by atoms with Crippen LogP contribution in [-0.4, -0.2) is 22.9 Å². The number of aromatic nitrogens is 2. The summed E-state index contributed by atoms with van der Waals surface area (Å²) in [5, 5.41) is 3.90. The smallest absolute Gasteiger partial charge is 0.252 e. The van der Waals surface area contributed by atoms with Gasteiger partial charge in [0.15, 0.2) is 0 Å². The molecule has 0 fully saturated rings. The largest absolute Gasteiger partial charge is 0.345 e. The summed E-state index contributed by atoms with van der Waals surface area (Å²) in [5.41, 5.74) is 18.1. The Hall–Kier alpha value is -5.48. The van der Waals surface area contributed by atoms with E-state index in [0.29, 0.717) is 0 Å². The molecule has 0 saturated heterocycles. The third kappa shape index (κ3) is 3.16. The molecule has 2 aliphatic rings. The van der Waals surface area contributed by atoms with Gasteiger partial charge in [0.2, 0.25) is 0 Å². The lowest BCUT2D eigenvalue weighted by Crippen LogP contribution is -2.60. The second-order valence-corrected chi connectivity index (χ2v) is 12.7. The molecule has 4 heterocycles. The van der Waals surface area contributed by atoms with Crippen molar-refractivity contribution in [2.75, 3.05) is 11.9 Å². The molecule has 3 nitrogen and oxygen atoms in total. The molecule has 8 aromatic rings. The van der Waals surface area contributed by atoms with Crippen molar-refractivity contribution in [3.8, 4) is 22.5 Å². The summed E-state index contributed by atoms with van der Waals surface area (Å²) in [4.78, 5) is 2.41. The predicted octanol–water partition coefficient (Wildman–Crippen LogP) is 7.92. The van der Waals surface area contributed by atoms with E-state index in [1.807, 2.05) is 0 Å². The number of fused-ring (bicyclic) bond motifs is 7. The van der Waals surface area contributed by atoms with Gasteiger partial charge >= 0.3 is 0 Å². The molecule has 0 atom stereocenters. The van der Waals surface area contributed by atoms with Crippen molar-refractivity contribution in [2.24, 2.45) is 0 Å². The third-order valence-corrected chi connectivity index (χ3v) is 10.5. The molecule has 0 spiro atoms. The van der Waals surface area contributed by atoms with Crippen molar-refractivity contribution < 1.29 is 0 Å². The topological polar surface area (TPSA) is 13.1 Å². The molecular weight excluding hydrogens is 545 g/mol. The predicted molar refractivity (Wildman–Crippen MR) is 192 cm³/mol. The normalized spacial score (nSPS) is 13.1. The molecule has 10 rings (SSSR count). The van der Waals surface area contributed by atoms with Crippen molar-refractivity contribution in [3.05, 3.63) is 139 Å². The fourth-order valence-corrected chi connectivity index (χ4v) is 8.38. The number of nitrogens with zero attached hydrogens (tertiary/aromatic N) is 3. The summed E-state index contributed by atoms with van der Waals surface area (Å²) >= 11 is 0. The van der Waals surface area contributed by atoms with Gasteiger partial charge in [0.25, 0.3) is 6.71 Å². The number of anilines is 2. The van der Waals surface area contributed by atoms with Crippen molar-refractivity contribution in [2.45, 2.75) is 13.8 Å². The molecule has 212 valence electrons. The van der Waals surface area contributed by atoms with Crippen LogP contribution in [0.15, 0.2) is 127 Å². The zero-order valence-corrected chi connectivity index (χ0v) is 25.5. The summed E-state index contributed by atoms with van der Waals surface area (Å²) in [6, 6.07) is 47.2. The zero-order valence-electron chi connectivity index (χ0n) is 25.5. The fourth-order valence-electron chi connectivity index (χ4n) is 8.38. The second-order valence-electron chi connectivity index (χ2n) is 12.7. The molecule has 45 heavy (non-hydrogen) atoms. The van der Waals surface area contributed by atoms with E-state index >= 15 is 0 Å². The van der Waals surface area contributed by atoms with Gasteiger partial charge in [-0.3, -0.25) is 0 Å². The minimum atomic E-state index is 0.188. The van der Waals surface area contributed by atoms with Crippen LogP contribution in [0.3, 0.4) is 0 Å². The first-order chi connectivity index (χ1) is 22.1. The van der Waals surface area contributed by atoms with Gasteiger partial charge in [-0.2, -0.15) is 0 Å². The quantitative estimate of drug-likeness (QED) is 0.191. The van der Waals surface area contributed by atoms with E-state index in [9.17, 15) is 0 Å². The molecule has 2 aromatic heterocycles. The lowest BCUT2D eigenvalue weighted by atomic mass is 9.34. The summed E-state index contributed by atoms with van der Waals surface area (Å²) in [5.74, 6) is 0. The molecule has 0 aliphatic carbocycles. The molecule has 6 aromatic carbocycles. The first kappa shape index (κ1) is 24.9. The molecule has 0 N–H and O–H groups in total. The highest BCUT2D eigenvalue weighted by molar-refractivity contribution is 7.00. The van der Waals surface area contributed by atoms with Crippen LogP contribution < -0.4 is 21.3 Å². The molecule has 0 unspecified atom stereocenters. The fraction of sp³-hybridized carbons (Fsp3) is 0.0732. The molecular formula is C41H30BN3. The van der Waals surface area contributed by atoms with E-state index in [4.69, 9.17) is 0 Å². The summed E-state index contributed by atoms with van der Waals surface area (Å²) in [6.45, 7) is 4.75. The molecule has 0 amide bonds. The number of aryl methyl sites for hydroxylation is 1. The molecule has 0 bridgehead atoms. The second kappa shape index (κ2) is 8.80. The van der Waals surface area contributed by atoms with Crippen molar-refractivity contribution >= 4 is 67.2 Å². The molecule has 4 heteroatoms. The number of hydrogen-bond donors (Lipinski definition) is 0. The van der Waals surface area contributed by atoms with Crippen LogP contribution in [0, 0.1) is 13.8 Å². The lowest BCUT2D eigenvalue weighted by Gasteiger charge is -2.39. The van der Waals surface area contributed by atoms with E-state index in [1.165, 1.54) is 94.2 Å². The summed E-state index contributed by atoms with van der Waals surface area (Å²) in [7, 11) is 2.23. The Morgan fingerprint density at radius 3 is 2.11 bits per heavy atom. The summed E-state index contributed by atoms with van der Waals surface area (Å²) in [6.07, 6.45) is 0. The maximum Gasteiger partial charge on any atom is 0.252 e. The van der Waals surface area contributed by atoms with E-state index in [2.05, 4.69) is 162 Å². The first-order valence-corrected chi connectivity index (χ1v) is 15.8. The monoisotopic (exact) mass is 575 g/mol. The standard InChI is InChI=1S/C41H30BN3/c1-25-26(2)44-39-24-29(45-35-18-9-7-14-31(35)32-22-28(20-21-36(32)45)27-12-5-4-6-13-27)23-38-40(39)42(34-17-11-15-30(25)41(34)44)33-16-8-10-19-37(33)43(38)3/h4-24H,1-3H3. The first-order valence-electron chi connectivity index (χ1n) is 15.8. The van der Waals surface area contributed by atoms with Crippen LogP contribution in [0.2, 0.25) is 0 Å². The van der Waals surface area contributed by atoms with Crippen LogP contribution in [-0.2, 0) is 0 Å². The Bertz CT molecular complexity index is 2540. The number of rotatable bonds is 2. The Kier molecular flexibility index (Phi) is 4.87. The molecule has 0 saturated carbocycles. The average molecular weight is 576 g/mol. The van der Waals surface area contributed by atoms with E-state index in [1.54, 1.807) is 0 Å². The SMILES string of the molecule is Cc1c(C)n2c3c(cccc13)B1c3ccccc3N(C)c3cc(-n4c5ccccc5c5cc(-c6ccccc6)ccc54)cc-2c31. The van der Waals surface area contributed by atoms with Gasteiger partial charge in [0.1, 0.15) is 0 Å². The van der Waals surface area contributed by atoms with Crippen molar-refractivity contribution in [3.63, 3.8) is 0 Å². The average Bonchev–Trinajstić information content (AvgIpc) is 3.56. The number of hydrogen-bond acceptors (Lipinski definition) is 1. The van der Waals surface area contributed by atoms with Crippen LogP contribution in [0.25, 0.3) is 55.2 Å². The minimum absolute atomic E-state index is 0.188. The Morgan fingerprint density at radius 2 is 1.22 bits per heavy atom. The van der Waals surface area contributed by atoms with E-state index < -0.39 is 0 Å². The third-order valence-electron chi connectivity index (χ3n) is 10.5. The van der Waals surface area contributed by atoms with Crippen molar-refractivity contribution in [1.29, 1.82) is 0 Å². The molecule has 2 aliphatic heterocycles. The van der Waals surface area contributed by atoms with Crippen LogP contribution in [0.5, 0.6) is 0 Å². The highest BCUT2D eigenvalue weighted by Gasteiger charge is 2.41. The Labute approximate surface area is 262 Å². The Morgan fingerprint density at radius 1 is 0.511 bits per heavy atom. The van der Waals surface area contributed by atoms with E-state index in [-0.39, 0.29) is 6.71 Å². The number of para-hydroxylation sites is 3. The highest BCUT2D eigenvalue weighted by atomic mass is 15.1. The highest BCUT2D eigenvalue weighted by Crippen LogP contribution is 2.40. The van der Waals surface area contributed by atoms with Crippen LogP contribution in [0.4, 0.5) is 11.4 Å². The molecule has 0 radical (unpaired) electrons. The van der Waals surface area contributed by atoms with Gasteiger partial charge in [-0.25, -0.2) is 0 Å². The zero-order chi connectivity index (χ0) is 30.0. The van der Waals surface area contributed by atoms with Gasteiger partial charge in [-0.1, -0.05) is 91.0 Å². The van der Waals surface area contributed by atoms with E-state index in [0.717, 1.165) is 0 Å². The maximum atomic E-state index is 2.54. The van der Waals surface area contributed by atoms with Gasteiger partial charge in [0, 0.05) is 51.5 Å². The number of benzene rings is 6. The summed E-state index contributed by atoms with van der Waals surface area (Å²) < 4.78 is 5.02. The van der Waals surface area contributed by atoms with Crippen LogP contribution >= 0.6 is 0 Å². The lowest BCUT2D eigenvalue weighted by molar-refractivity contribution is 1.03. The van der Waals surface area contributed by atoms with Gasteiger partial charge in [0.05, 0.1) is 16.7 Å². The maximum absolute atomic E-state index is 2.54. The van der Waals surface area contributed by atoms with Gasteiger partial charge < -0.3 is 14.0 Å². The van der Waals surface area contributed by atoms with Gasteiger partial charge in [-0.15, -0.1) is 0 Å².